The fourth-order valence-corrected chi connectivity index (χ4v) is 3.45. The fraction of sp³-hybridized carbons (Fsp3) is 0.938. The zero-order valence-electron chi connectivity index (χ0n) is 14.4. The molecule has 0 aromatic carbocycles. The lowest BCUT2D eigenvalue weighted by Crippen LogP contribution is -2.48. The largest absolute Gasteiger partial charge is 0.480 e. The van der Waals surface area contributed by atoms with Crippen LogP contribution in [0.1, 0.15) is 64.2 Å². The van der Waals surface area contributed by atoms with E-state index in [0.717, 1.165) is 13.0 Å². The highest BCUT2D eigenvalue weighted by Crippen LogP contribution is 2.23. The van der Waals surface area contributed by atoms with Gasteiger partial charge in [-0.3, -0.25) is 4.79 Å². The number of aliphatic carboxylic acids is 1. The first-order valence-corrected chi connectivity index (χ1v) is 8.94. The quantitative estimate of drug-likeness (QED) is 0.338. The molecule has 1 aliphatic rings. The van der Waals surface area contributed by atoms with Crippen molar-refractivity contribution in [2.75, 3.05) is 13.6 Å². The predicted octanol–water partition coefficient (Wildman–Crippen LogP) is 1.46. The van der Waals surface area contributed by atoms with Crippen LogP contribution in [-0.4, -0.2) is 58.3 Å². The van der Waals surface area contributed by atoms with E-state index >= 15 is 0 Å². The maximum atomic E-state index is 11.5. The van der Waals surface area contributed by atoms with Crippen LogP contribution in [0.15, 0.2) is 0 Å². The summed E-state index contributed by atoms with van der Waals surface area (Å²) in [5.74, 6) is -0.956. The van der Waals surface area contributed by atoms with Crippen molar-refractivity contribution in [2.24, 2.45) is 5.73 Å². The summed E-state index contributed by atoms with van der Waals surface area (Å²) in [4.78, 5) is 13.8. The van der Waals surface area contributed by atoms with Gasteiger partial charge in [0.2, 0.25) is 0 Å². The Morgan fingerprint density at radius 1 is 1.17 bits per heavy atom. The minimum atomic E-state index is -1.32. The zero-order chi connectivity index (χ0) is 17.3. The number of carboxylic acid groups (broad SMARTS) is 1. The van der Waals surface area contributed by atoms with E-state index in [1.54, 1.807) is 0 Å². The molecule has 0 bridgehead atoms. The first-order valence-electron chi connectivity index (χ1n) is 8.94. The monoisotopic (exact) mass is 328 g/mol. The predicted molar refractivity (Wildman–Crippen MR) is 92.1 cm³/mol. The van der Waals surface area contributed by atoms with Crippen molar-refractivity contribution in [1.82, 2.24) is 4.90 Å². The van der Waals surface area contributed by atoms with Gasteiger partial charge in [0.15, 0.2) is 0 Å². The molecule has 0 aromatic heterocycles. The van der Waals surface area contributed by atoms with E-state index in [2.05, 4.69) is 11.9 Å². The molecule has 1 atom stereocenters. The molecule has 0 radical (unpaired) electrons. The summed E-state index contributed by atoms with van der Waals surface area (Å²) < 4.78 is 0. The molecule has 0 aliphatic heterocycles. The average molecular weight is 328 g/mol. The molecular weight excluding hydrogens is 295 g/mol. The maximum Gasteiger partial charge on any atom is 0.451 e. The number of hydrogen-bond acceptors (Lipinski definition) is 5. The summed E-state index contributed by atoms with van der Waals surface area (Å²) in [7, 11) is 0.800. The number of unbranched alkanes of at least 4 members (excludes halogenated alkanes) is 1. The Kier molecular flexibility index (Phi) is 9.13. The van der Waals surface area contributed by atoms with Crippen LogP contribution in [0.25, 0.3) is 0 Å². The van der Waals surface area contributed by atoms with Crippen molar-refractivity contribution in [3.8, 4) is 0 Å². The summed E-state index contributed by atoms with van der Waals surface area (Å²) in [6.45, 7) is 0.881. The second-order valence-corrected chi connectivity index (χ2v) is 7.06. The second-order valence-electron chi connectivity index (χ2n) is 7.06. The van der Waals surface area contributed by atoms with Crippen molar-refractivity contribution in [1.29, 1.82) is 0 Å². The Bertz CT molecular complexity index is 351. The van der Waals surface area contributed by atoms with Gasteiger partial charge in [-0.25, -0.2) is 0 Å². The van der Waals surface area contributed by atoms with Gasteiger partial charge in [-0.1, -0.05) is 32.1 Å². The van der Waals surface area contributed by atoms with E-state index in [0.29, 0.717) is 31.7 Å². The summed E-state index contributed by atoms with van der Waals surface area (Å²) in [6, 6.07) is 0.631. The van der Waals surface area contributed by atoms with Crippen LogP contribution in [0.4, 0.5) is 0 Å². The number of rotatable bonds is 11. The molecular formula is C16H33BN2O4. The first-order chi connectivity index (χ1) is 10.8. The van der Waals surface area contributed by atoms with Gasteiger partial charge in [0.05, 0.1) is 0 Å². The Morgan fingerprint density at radius 3 is 2.35 bits per heavy atom. The van der Waals surface area contributed by atoms with Crippen molar-refractivity contribution in [3.05, 3.63) is 0 Å². The third kappa shape index (κ3) is 7.66. The molecule has 1 saturated carbocycles. The number of nitrogens with two attached hydrogens (primary N) is 1. The molecule has 7 heteroatoms. The average Bonchev–Trinajstić information content (AvgIpc) is 2.52. The van der Waals surface area contributed by atoms with Gasteiger partial charge in [0.1, 0.15) is 5.54 Å². The molecule has 0 aromatic rings. The molecule has 0 saturated heterocycles. The van der Waals surface area contributed by atoms with E-state index < -0.39 is 18.6 Å². The van der Waals surface area contributed by atoms with Crippen LogP contribution in [0, 0.1) is 0 Å². The molecule has 0 heterocycles. The molecule has 1 fully saturated rings. The van der Waals surface area contributed by atoms with Crippen molar-refractivity contribution < 1.29 is 19.9 Å². The van der Waals surface area contributed by atoms with Crippen molar-refractivity contribution in [2.45, 2.75) is 82.1 Å². The number of nitrogens with zero attached hydrogens (tertiary/aromatic N) is 1. The molecule has 0 spiro atoms. The Balaban J connectivity index is 2.32. The Morgan fingerprint density at radius 2 is 1.78 bits per heavy atom. The molecule has 1 aliphatic carbocycles. The topological polar surface area (TPSA) is 107 Å². The number of carboxylic acids is 1. The van der Waals surface area contributed by atoms with E-state index in [-0.39, 0.29) is 6.32 Å². The highest BCUT2D eigenvalue weighted by Gasteiger charge is 2.33. The van der Waals surface area contributed by atoms with Crippen LogP contribution < -0.4 is 5.73 Å². The van der Waals surface area contributed by atoms with Crippen LogP contribution >= 0.6 is 0 Å². The fourth-order valence-electron chi connectivity index (χ4n) is 3.45. The lowest BCUT2D eigenvalue weighted by Gasteiger charge is -2.32. The van der Waals surface area contributed by atoms with Gasteiger partial charge >= 0.3 is 13.1 Å². The first kappa shape index (κ1) is 20.4. The molecule has 1 rings (SSSR count). The zero-order valence-corrected chi connectivity index (χ0v) is 14.4. The van der Waals surface area contributed by atoms with Crippen molar-refractivity contribution in [3.63, 3.8) is 0 Å². The SMILES string of the molecule is CN(CCCC(N)(CCCCB(O)O)C(=O)O)C1CCCCC1. The smallest absolute Gasteiger partial charge is 0.451 e. The molecule has 5 N–H and O–H groups in total. The summed E-state index contributed by atoms with van der Waals surface area (Å²) in [5.41, 5.74) is 4.88. The van der Waals surface area contributed by atoms with Gasteiger partial charge < -0.3 is 25.8 Å². The van der Waals surface area contributed by atoms with E-state index in [1.165, 1.54) is 32.1 Å². The molecule has 23 heavy (non-hydrogen) atoms. The highest BCUT2D eigenvalue weighted by atomic mass is 16.4. The standard InChI is InChI=1S/C16H33BN2O4/c1-19(14-8-3-2-4-9-14)13-7-11-16(18,15(20)21)10-5-6-12-17(22)23/h14,22-23H,2-13,18H2,1H3,(H,20,21). The normalized spacial score (nSPS) is 18.8. The second kappa shape index (κ2) is 10.3. The Hall–Kier alpha value is -0.625. The van der Waals surface area contributed by atoms with Crippen LogP contribution in [0.2, 0.25) is 6.32 Å². The van der Waals surface area contributed by atoms with Gasteiger partial charge in [-0.2, -0.15) is 0 Å². The van der Waals surface area contributed by atoms with Crippen LogP contribution in [0.5, 0.6) is 0 Å². The Labute approximate surface area is 140 Å². The van der Waals surface area contributed by atoms with E-state index in [4.69, 9.17) is 15.8 Å². The van der Waals surface area contributed by atoms with Gasteiger partial charge in [-0.15, -0.1) is 0 Å². The lowest BCUT2D eigenvalue weighted by molar-refractivity contribution is -0.144. The maximum absolute atomic E-state index is 11.5. The molecule has 1 unspecified atom stereocenters. The van der Waals surface area contributed by atoms with Crippen LogP contribution in [0.3, 0.4) is 0 Å². The van der Waals surface area contributed by atoms with Gasteiger partial charge in [0, 0.05) is 6.04 Å². The minimum Gasteiger partial charge on any atom is -0.480 e. The van der Waals surface area contributed by atoms with Crippen LogP contribution in [-0.2, 0) is 4.79 Å². The third-order valence-corrected chi connectivity index (χ3v) is 5.09. The summed E-state index contributed by atoms with van der Waals surface area (Å²) in [6.07, 6.45) is 9.45. The summed E-state index contributed by atoms with van der Waals surface area (Å²) in [5, 5.41) is 27.1. The highest BCUT2D eigenvalue weighted by molar-refractivity contribution is 6.40. The minimum absolute atomic E-state index is 0.264. The van der Waals surface area contributed by atoms with E-state index in [9.17, 15) is 9.90 Å². The molecule has 6 nitrogen and oxygen atoms in total. The molecule has 0 amide bonds. The van der Waals surface area contributed by atoms with Gasteiger partial charge in [0.25, 0.3) is 0 Å². The lowest BCUT2D eigenvalue weighted by atomic mass is 9.81. The van der Waals surface area contributed by atoms with Crippen molar-refractivity contribution >= 4 is 13.1 Å². The van der Waals surface area contributed by atoms with E-state index in [1.807, 2.05) is 0 Å². The number of carbonyl (C=O) groups is 1. The molecule has 134 valence electrons. The summed E-state index contributed by atoms with van der Waals surface area (Å²) >= 11 is 0. The third-order valence-electron chi connectivity index (χ3n) is 5.09. The number of hydrogen-bond donors (Lipinski definition) is 4. The van der Waals surface area contributed by atoms with Gasteiger partial charge in [-0.05, 0) is 52.0 Å².